The normalized spacial score (nSPS) is 20.7. The predicted molar refractivity (Wildman–Crippen MR) is 60.1 cm³/mol. The summed E-state index contributed by atoms with van der Waals surface area (Å²) < 4.78 is 9.84. The van der Waals surface area contributed by atoms with Crippen LogP contribution in [0.15, 0.2) is 41.9 Å². The van der Waals surface area contributed by atoms with Gasteiger partial charge in [-0.1, -0.05) is 18.2 Å². The van der Waals surface area contributed by atoms with Crippen LogP contribution >= 0.6 is 0 Å². The lowest BCUT2D eigenvalue weighted by Crippen LogP contribution is -2.33. The topological polar surface area (TPSA) is 96.2 Å². The number of para-hydroxylation sites is 1. The van der Waals surface area contributed by atoms with Crippen LogP contribution in [0, 0.1) is 0 Å². The third-order valence-corrected chi connectivity index (χ3v) is 2.45. The zero-order valence-electron chi connectivity index (χ0n) is 9.31. The lowest BCUT2D eigenvalue weighted by molar-refractivity contribution is -0.147. The van der Waals surface area contributed by atoms with Gasteiger partial charge in [0.2, 0.25) is 5.76 Å². The van der Waals surface area contributed by atoms with Gasteiger partial charge >= 0.3 is 5.97 Å². The number of aliphatic hydroxyl groups excluding tert-OH is 3. The summed E-state index contributed by atoms with van der Waals surface area (Å²) in [6.45, 7) is -0.181. The molecule has 0 saturated heterocycles. The van der Waals surface area contributed by atoms with Crippen molar-refractivity contribution in [2.75, 3.05) is 6.61 Å². The van der Waals surface area contributed by atoms with Gasteiger partial charge in [-0.3, -0.25) is 0 Å². The molecule has 18 heavy (non-hydrogen) atoms. The molecule has 0 radical (unpaired) electrons. The van der Waals surface area contributed by atoms with Gasteiger partial charge in [-0.25, -0.2) is 4.79 Å². The van der Waals surface area contributed by atoms with Crippen molar-refractivity contribution in [1.29, 1.82) is 0 Å². The molecule has 2 rings (SSSR count). The molecule has 3 N–H and O–H groups in total. The van der Waals surface area contributed by atoms with Gasteiger partial charge in [-0.2, -0.15) is 0 Å². The summed E-state index contributed by atoms with van der Waals surface area (Å²) in [5.74, 6) is -2.08. The van der Waals surface area contributed by atoms with Crippen molar-refractivity contribution in [3.63, 3.8) is 0 Å². The van der Waals surface area contributed by atoms with Gasteiger partial charge in [0.05, 0.1) is 0 Å². The molecule has 0 amide bonds. The van der Waals surface area contributed by atoms with Crippen molar-refractivity contribution >= 4 is 5.97 Å². The zero-order chi connectivity index (χ0) is 13.1. The Kier molecular flexibility index (Phi) is 3.38. The molecular weight excluding hydrogens is 240 g/mol. The maximum absolute atomic E-state index is 10.9. The van der Waals surface area contributed by atoms with Crippen LogP contribution in [-0.4, -0.2) is 40.1 Å². The van der Waals surface area contributed by atoms with E-state index in [1.54, 1.807) is 24.3 Å². The summed E-state index contributed by atoms with van der Waals surface area (Å²) in [5.41, 5.74) is 0. The number of benzene rings is 1. The van der Waals surface area contributed by atoms with Gasteiger partial charge in [0, 0.05) is 0 Å². The third-order valence-electron chi connectivity index (χ3n) is 2.45. The molecule has 0 spiro atoms. The Morgan fingerprint density at radius 1 is 1.28 bits per heavy atom. The number of carbonyl (C=O) groups excluding carboxylic acids is 1. The number of carbonyl (C=O) groups is 1. The zero-order valence-corrected chi connectivity index (χ0v) is 9.31. The molecule has 1 aromatic rings. The number of hydrogen-bond acceptors (Lipinski definition) is 6. The van der Waals surface area contributed by atoms with Crippen molar-refractivity contribution in [3.8, 4) is 5.75 Å². The van der Waals surface area contributed by atoms with Gasteiger partial charge < -0.3 is 24.8 Å². The Morgan fingerprint density at radius 2 is 1.94 bits per heavy atom. The molecule has 0 aliphatic carbocycles. The van der Waals surface area contributed by atoms with E-state index in [2.05, 4.69) is 4.74 Å². The number of esters is 1. The van der Waals surface area contributed by atoms with Crippen molar-refractivity contribution in [3.05, 3.63) is 41.9 Å². The Hall–Kier alpha value is -2.21. The van der Waals surface area contributed by atoms with Crippen LogP contribution in [-0.2, 0) is 9.53 Å². The van der Waals surface area contributed by atoms with E-state index in [1.807, 2.05) is 6.07 Å². The number of rotatable bonds is 4. The van der Waals surface area contributed by atoms with Crippen molar-refractivity contribution in [1.82, 2.24) is 0 Å². The van der Waals surface area contributed by atoms with E-state index in [-0.39, 0.29) is 6.61 Å². The lowest BCUT2D eigenvalue weighted by atomic mass is 10.2. The van der Waals surface area contributed by atoms with Crippen LogP contribution in [0.5, 0.6) is 5.75 Å². The summed E-state index contributed by atoms with van der Waals surface area (Å²) in [4.78, 5) is 10.9. The highest BCUT2D eigenvalue weighted by Gasteiger charge is 2.39. The second-order valence-electron chi connectivity index (χ2n) is 3.75. The molecule has 2 unspecified atom stereocenters. The fraction of sp³-hybridized carbons (Fsp3) is 0.250. The Labute approximate surface area is 103 Å². The average Bonchev–Trinajstić information content (AvgIpc) is 2.65. The quantitative estimate of drug-likeness (QED) is 0.682. The van der Waals surface area contributed by atoms with E-state index >= 15 is 0 Å². The first kappa shape index (κ1) is 12.3. The first-order chi connectivity index (χ1) is 8.59. The SMILES string of the molecule is O=C1OC(C(O)COc2ccccc2)C(O)=C1O. The monoisotopic (exact) mass is 252 g/mol. The van der Waals surface area contributed by atoms with E-state index in [4.69, 9.17) is 9.84 Å². The molecule has 6 nitrogen and oxygen atoms in total. The number of hydrogen-bond donors (Lipinski definition) is 3. The molecule has 1 heterocycles. The summed E-state index contributed by atoms with van der Waals surface area (Å²) in [7, 11) is 0. The number of cyclic esters (lactones) is 1. The second kappa shape index (κ2) is 4.97. The smallest absolute Gasteiger partial charge is 0.377 e. The Balaban J connectivity index is 1.94. The number of aliphatic hydroxyl groups is 3. The van der Waals surface area contributed by atoms with Crippen LogP contribution in [0.4, 0.5) is 0 Å². The van der Waals surface area contributed by atoms with E-state index < -0.39 is 29.7 Å². The first-order valence-electron chi connectivity index (χ1n) is 5.28. The average molecular weight is 252 g/mol. The fourth-order valence-corrected chi connectivity index (χ4v) is 1.51. The predicted octanol–water partition coefficient (Wildman–Crippen LogP) is 0.679. The molecule has 0 bridgehead atoms. The lowest BCUT2D eigenvalue weighted by Gasteiger charge is -2.17. The highest BCUT2D eigenvalue weighted by molar-refractivity contribution is 5.89. The van der Waals surface area contributed by atoms with E-state index in [1.165, 1.54) is 0 Å². The maximum atomic E-state index is 10.9. The minimum absolute atomic E-state index is 0.181. The molecule has 1 aromatic carbocycles. The molecule has 2 atom stereocenters. The highest BCUT2D eigenvalue weighted by Crippen LogP contribution is 2.22. The fourth-order valence-electron chi connectivity index (χ4n) is 1.51. The summed E-state index contributed by atoms with van der Waals surface area (Å²) in [6.07, 6.45) is -2.56. The van der Waals surface area contributed by atoms with Gasteiger partial charge in [-0.05, 0) is 12.1 Å². The third kappa shape index (κ3) is 2.38. The van der Waals surface area contributed by atoms with Crippen LogP contribution in [0.2, 0.25) is 0 Å². The van der Waals surface area contributed by atoms with Gasteiger partial charge in [-0.15, -0.1) is 0 Å². The summed E-state index contributed by atoms with van der Waals surface area (Å²) in [6, 6.07) is 8.73. The van der Waals surface area contributed by atoms with Crippen LogP contribution in [0.3, 0.4) is 0 Å². The van der Waals surface area contributed by atoms with Gasteiger partial charge in [0.15, 0.2) is 11.9 Å². The molecular formula is C12H12O6. The van der Waals surface area contributed by atoms with Crippen molar-refractivity contribution in [2.45, 2.75) is 12.2 Å². The van der Waals surface area contributed by atoms with E-state index in [0.29, 0.717) is 5.75 Å². The highest BCUT2D eigenvalue weighted by atomic mass is 16.6. The summed E-state index contributed by atoms with van der Waals surface area (Å²) >= 11 is 0. The van der Waals surface area contributed by atoms with Crippen LogP contribution < -0.4 is 4.74 Å². The molecule has 96 valence electrons. The van der Waals surface area contributed by atoms with E-state index in [9.17, 15) is 15.0 Å². The number of ether oxygens (including phenoxy) is 2. The van der Waals surface area contributed by atoms with Gasteiger partial charge in [0.25, 0.3) is 0 Å². The first-order valence-corrected chi connectivity index (χ1v) is 5.28. The maximum Gasteiger partial charge on any atom is 0.377 e. The largest absolute Gasteiger partial charge is 0.505 e. The molecule has 1 aliphatic rings. The van der Waals surface area contributed by atoms with Crippen LogP contribution in [0.25, 0.3) is 0 Å². The Morgan fingerprint density at radius 3 is 2.50 bits per heavy atom. The second-order valence-corrected chi connectivity index (χ2v) is 3.75. The molecule has 0 saturated carbocycles. The van der Waals surface area contributed by atoms with E-state index in [0.717, 1.165) is 0 Å². The molecule has 1 aliphatic heterocycles. The minimum atomic E-state index is -1.29. The standard InChI is InChI=1S/C12H12O6/c13-8(6-17-7-4-2-1-3-5-7)11-9(14)10(15)12(16)18-11/h1-5,8,11,13-15H,6H2. The Bertz CT molecular complexity index is 467. The molecule has 0 fully saturated rings. The summed E-state index contributed by atoms with van der Waals surface area (Å²) in [5, 5.41) is 28.1. The minimum Gasteiger partial charge on any atom is -0.505 e. The van der Waals surface area contributed by atoms with Crippen molar-refractivity contribution in [2.24, 2.45) is 0 Å². The molecule has 0 aromatic heterocycles. The van der Waals surface area contributed by atoms with Crippen LogP contribution in [0.1, 0.15) is 0 Å². The van der Waals surface area contributed by atoms with Crippen molar-refractivity contribution < 1.29 is 29.6 Å². The molecule has 6 heteroatoms. The van der Waals surface area contributed by atoms with Gasteiger partial charge in [0.1, 0.15) is 18.5 Å².